The lowest BCUT2D eigenvalue weighted by Crippen LogP contribution is -2.44. The monoisotopic (exact) mass is 298 g/mol. The summed E-state index contributed by atoms with van der Waals surface area (Å²) >= 11 is 0. The van der Waals surface area contributed by atoms with Gasteiger partial charge in [0.05, 0.1) is 13.2 Å². The fraction of sp³-hybridized carbons (Fsp3) is 0.615. The molecule has 0 bridgehead atoms. The van der Waals surface area contributed by atoms with Crippen molar-refractivity contribution < 1.29 is 9.53 Å². The van der Waals surface area contributed by atoms with E-state index < -0.39 is 17.0 Å². The number of ether oxygens (including phenoxy) is 1. The largest absolute Gasteiger partial charge is 0.384 e. The molecular formula is C13H22N4O4. The molecule has 0 aliphatic carbocycles. The van der Waals surface area contributed by atoms with Gasteiger partial charge in [0.15, 0.2) is 5.78 Å². The number of carbonyl (C=O) groups excluding carboxylic acids is 1. The van der Waals surface area contributed by atoms with Crippen molar-refractivity contribution in [3.63, 3.8) is 0 Å². The molecule has 0 amide bonds. The lowest BCUT2D eigenvalue weighted by Gasteiger charge is -2.23. The van der Waals surface area contributed by atoms with Crippen molar-refractivity contribution in [2.24, 2.45) is 14.1 Å². The van der Waals surface area contributed by atoms with Crippen LogP contribution in [0.15, 0.2) is 9.59 Å². The van der Waals surface area contributed by atoms with Gasteiger partial charge in [-0.2, -0.15) is 0 Å². The average Bonchev–Trinajstić information content (AvgIpc) is 2.43. The van der Waals surface area contributed by atoms with E-state index in [1.807, 2.05) is 6.92 Å². The maximum atomic E-state index is 12.3. The molecule has 8 nitrogen and oxygen atoms in total. The molecule has 1 atom stereocenters. The molecular weight excluding hydrogens is 276 g/mol. The average molecular weight is 298 g/mol. The molecule has 0 aliphatic rings. The first-order valence-corrected chi connectivity index (χ1v) is 6.50. The molecule has 118 valence electrons. The van der Waals surface area contributed by atoms with Crippen LogP contribution in [0.25, 0.3) is 0 Å². The van der Waals surface area contributed by atoms with Crippen molar-refractivity contribution in [3.8, 4) is 0 Å². The number of carbonyl (C=O) groups is 1. The number of nitrogens with zero attached hydrogens (tertiary/aromatic N) is 3. The van der Waals surface area contributed by atoms with Crippen molar-refractivity contribution in [1.29, 1.82) is 0 Å². The van der Waals surface area contributed by atoms with Gasteiger partial charge in [0.1, 0.15) is 11.4 Å². The summed E-state index contributed by atoms with van der Waals surface area (Å²) in [5.41, 5.74) is 4.36. The second kappa shape index (κ2) is 6.68. The first-order chi connectivity index (χ1) is 9.72. The van der Waals surface area contributed by atoms with E-state index in [0.29, 0.717) is 6.61 Å². The van der Waals surface area contributed by atoms with Gasteiger partial charge in [-0.1, -0.05) is 0 Å². The Hall–Kier alpha value is -1.93. The molecule has 1 unspecified atom stereocenters. The SMILES string of the molecule is COCC(C)N(C)CC(=O)c1c(N)n(C)c(=O)n(C)c1=O. The van der Waals surface area contributed by atoms with Crippen molar-refractivity contribution in [2.45, 2.75) is 13.0 Å². The van der Waals surface area contributed by atoms with Crippen LogP contribution < -0.4 is 17.0 Å². The van der Waals surface area contributed by atoms with E-state index in [-0.39, 0.29) is 24.0 Å². The third-order valence-electron chi connectivity index (χ3n) is 3.54. The van der Waals surface area contributed by atoms with Crippen molar-refractivity contribution in [1.82, 2.24) is 14.0 Å². The van der Waals surface area contributed by atoms with Crippen molar-refractivity contribution in [2.75, 3.05) is 33.0 Å². The van der Waals surface area contributed by atoms with Crippen LogP contribution in [0.5, 0.6) is 0 Å². The normalized spacial score (nSPS) is 12.7. The van der Waals surface area contributed by atoms with Gasteiger partial charge in [-0.15, -0.1) is 0 Å². The molecule has 0 radical (unpaired) electrons. The predicted octanol–water partition coefficient (Wildman–Crippen LogP) is -1.18. The molecule has 21 heavy (non-hydrogen) atoms. The fourth-order valence-corrected chi connectivity index (χ4v) is 1.95. The minimum Gasteiger partial charge on any atom is -0.384 e. The molecule has 0 saturated carbocycles. The summed E-state index contributed by atoms with van der Waals surface area (Å²) in [6.45, 7) is 2.38. The van der Waals surface area contributed by atoms with Crippen LogP contribution in [-0.2, 0) is 18.8 Å². The predicted molar refractivity (Wildman–Crippen MR) is 79.6 cm³/mol. The summed E-state index contributed by atoms with van der Waals surface area (Å²) in [7, 11) is 6.07. The van der Waals surface area contributed by atoms with E-state index in [1.54, 1.807) is 19.1 Å². The molecule has 1 aromatic rings. The molecule has 1 rings (SSSR count). The van der Waals surface area contributed by atoms with Gasteiger partial charge in [0.2, 0.25) is 0 Å². The molecule has 0 saturated heterocycles. The minimum atomic E-state index is -0.673. The van der Waals surface area contributed by atoms with Gasteiger partial charge in [0, 0.05) is 27.2 Å². The first kappa shape index (κ1) is 17.1. The quantitative estimate of drug-likeness (QED) is 0.663. The van der Waals surface area contributed by atoms with Gasteiger partial charge in [-0.05, 0) is 14.0 Å². The molecule has 8 heteroatoms. The highest BCUT2D eigenvalue weighted by Crippen LogP contribution is 2.06. The third kappa shape index (κ3) is 3.40. The lowest BCUT2D eigenvalue weighted by atomic mass is 10.1. The van der Waals surface area contributed by atoms with Crippen LogP contribution in [0.3, 0.4) is 0 Å². The number of hydrogen-bond acceptors (Lipinski definition) is 6. The summed E-state index contributed by atoms with van der Waals surface area (Å²) in [5, 5.41) is 0. The molecule has 1 aromatic heterocycles. The molecule has 0 aliphatic heterocycles. The van der Waals surface area contributed by atoms with Crippen LogP contribution >= 0.6 is 0 Å². The van der Waals surface area contributed by atoms with Gasteiger partial charge >= 0.3 is 5.69 Å². The fourth-order valence-electron chi connectivity index (χ4n) is 1.95. The van der Waals surface area contributed by atoms with E-state index in [4.69, 9.17) is 10.5 Å². The number of likely N-dealkylation sites (N-methyl/N-ethyl adjacent to an activating group) is 1. The number of ketones is 1. The van der Waals surface area contributed by atoms with Gasteiger partial charge < -0.3 is 10.5 Å². The molecule has 1 heterocycles. The van der Waals surface area contributed by atoms with Gasteiger partial charge in [-0.3, -0.25) is 23.6 Å². The highest BCUT2D eigenvalue weighted by molar-refractivity contribution is 6.01. The van der Waals surface area contributed by atoms with E-state index in [2.05, 4.69) is 0 Å². The summed E-state index contributed by atoms with van der Waals surface area (Å²) in [6.07, 6.45) is 0. The van der Waals surface area contributed by atoms with Crippen LogP contribution in [0.1, 0.15) is 17.3 Å². The lowest BCUT2D eigenvalue weighted by molar-refractivity contribution is 0.0839. The summed E-state index contributed by atoms with van der Waals surface area (Å²) < 4.78 is 6.99. The number of nitrogen functional groups attached to an aromatic ring is 1. The smallest absolute Gasteiger partial charge is 0.332 e. The van der Waals surface area contributed by atoms with E-state index in [1.165, 1.54) is 14.1 Å². The maximum Gasteiger partial charge on any atom is 0.332 e. The van der Waals surface area contributed by atoms with E-state index >= 15 is 0 Å². The zero-order valence-corrected chi connectivity index (χ0v) is 13.0. The summed E-state index contributed by atoms with van der Waals surface area (Å²) in [4.78, 5) is 37.9. The number of methoxy groups -OCH3 is 1. The highest BCUT2D eigenvalue weighted by atomic mass is 16.5. The summed E-state index contributed by atoms with van der Waals surface area (Å²) in [6, 6.07) is 0.0107. The zero-order chi connectivity index (χ0) is 16.3. The number of aromatic nitrogens is 2. The zero-order valence-electron chi connectivity index (χ0n) is 13.0. The Bertz CT molecular complexity index is 647. The second-order valence-electron chi connectivity index (χ2n) is 5.11. The standard InChI is InChI=1S/C13H22N4O4/c1-8(7-21-5)15(2)6-9(18)10-11(14)16(3)13(20)17(4)12(10)19/h8H,6-7,14H2,1-5H3. The second-order valence-corrected chi connectivity index (χ2v) is 5.11. The Morgan fingerprint density at radius 3 is 2.43 bits per heavy atom. The Balaban J connectivity index is 3.15. The number of Topliss-reactive ketones (excluding diaryl/α,β-unsaturated/α-hetero) is 1. The molecule has 0 aromatic carbocycles. The molecule has 0 spiro atoms. The van der Waals surface area contributed by atoms with E-state index in [9.17, 15) is 14.4 Å². The Morgan fingerprint density at radius 2 is 1.90 bits per heavy atom. The number of nitrogens with two attached hydrogens (primary N) is 1. The topological polar surface area (TPSA) is 99.6 Å². The first-order valence-electron chi connectivity index (χ1n) is 6.50. The van der Waals surface area contributed by atoms with Crippen molar-refractivity contribution >= 4 is 11.6 Å². The maximum absolute atomic E-state index is 12.3. The highest BCUT2D eigenvalue weighted by Gasteiger charge is 2.22. The molecule has 2 N–H and O–H groups in total. The molecule has 0 fully saturated rings. The minimum absolute atomic E-state index is 0.0107. The van der Waals surface area contributed by atoms with Crippen LogP contribution in [0.2, 0.25) is 0 Å². The Morgan fingerprint density at radius 1 is 1.33 bits per heavy atom. The Kier molecular flexibility index (Phi) is 5.45. The number of hydrogen-bond donors (Lipinski definition) is 1. The number of rotatable bonds is 6. The van der Waals surface area contributed by atoms with Crippen LogP contribution in [-0.4, -0.2) is 53.2 Å². The van der Waals surface area contributed by atoms with Gasteiger partial charge in [0.25, 0.3) is 5.56 Å². The Labute approximate surface area is 122 Å². The number of anilines is 1. The third-order valence-corrected chi connectivity index (χ3v) is 3.54. The summed E-state index contributed by atoms with van der Waals surface area (Å²) in [5.74, 6) is -0.532. The van der Waals surface area contributed by atoms with Crippen molar-refractivity contribution in [3.05, 3.63) is 26.4 Å². The van der Waals surface area contributed by atoms with Crippen LogP contribution in [0.4, 0.5) is 5.82 Å². The van der Waals surface area contributed by atoms with Crippen LogP contribution in [0, 0.1) is 0 Å². The van der Waals surface area contributed by atoms with E-state index in [0.717, 1.165) is 9.13 Å². The van der Waals surface area contributed by atoms with Gasteiger partial charge in [-0.25, -0.2) is 4.79 Å².